The number of carbonyl (C=O) groups is 1. The third kappa shape index (κ3) is 2.50. The molecule has 0 aliphatic rings. The van der Waals surface area contributed by atoms with Crippen LogP contribution in [0.5, 0.6) is 5.75 Å². The van der Waals surface area contributed by atoms with Gasteiger partial charge in [-0.3, -0.25) is 9.35 Å². The lowest BCUT2D eigenvalue weighted by Crippen LogP contribution is -2.21. The van der Waals surface area contributed by atoms with E-state index in [1.807, 2.05) is 0 Å². The Kier molecular flexibility index (Phi) is 3.51. The first-order valence-electron chi connectivity index (χ1n) is 4.20. The molecule has 0 saturated heterocycles. The number of aliphatic carboxylic acids is 1. The van der Waals surface area contributed by atoms with Crippen LogP contribution in [0.15, 0.2) is 24.3 Å². The summed E-state index contributed by atoms with van der Waals surface area (Å²) < 4.78 is 35.6. The van der Waals surface area contributed by atoms with E-state index in [1.165, 1.54) is 25.3 Å². The lowest BCUT2D eigenvalue weighted by atomic mass is 10.1. The summed E-state index contributed by atoms with van der Waals surface area (Å²) in [6.45, 7) is 0. The SMILES string of the molecule is COc1ccccc1C(C(=O)O)S(=O)(=O)O. The Balaban J connectivity index is 3.38. The van der Waals surface area contributed by atoms with Crippen LogP contribution in [0.25, 0.3) is 0 Å². The Morgan fingerprint density at radius 3 is 2.38 bits per heavy atom. The molecule has 0 spiro atoms. The van der Waals surface area contributed by atoms with Crippen molar-refractivity contribution in [2.45, 2.75) is 5.25 Å². The summed E-state index contributed by atoms with van der Waals surface area (Å²) in [4.78, 5) is 10.8. The fourth-order valence-corrected chi connectivity index (χ4v) is 2.07. The Hall–Kier alpha value is -1.60. The van der Waals surface area contributed by atoms with Crippen LogP contribution in [0.3, 0.4) is 0 Å². The molecule has 1 unspecified atom stereocenters. The van der Waals surface area contributed by atoms with Gasteiger partial charge >= 0.3 is 5.97 Å². The van der Waals surface area contributed by atoms with Crippen LogP contribution < -0.4 is 4.74 Å². The van der Waals surface area contributed by atoms with Crippen molar-refractivity contribution < 1.29 is 27.6 Å². The van der Waals surface area contributed by atoms with Gasteiger partial charge in [-0.25, -0.2) is 0 Å². The van der Waals surface area contributed by atoms with Crippen LogP contribution in [0.2, 0.25) is 0 Å². The second-order valence-corrected chi connectivity index (χ2v) is 4.48. The zero-order valence-electron chi connectivity index (χ0n) is 8.32. The van der Waals surface area contributed by atoms with Gasteiger partial charge in [-0.2, -0.15) is 8.42 Å². The molecule has 0 radical (unpaired) electrons. The molecule has 16 heavy (non-hydrogen) atoms. The summed E-state index contributed by atoms with van der Waals surface area (Å²) in [5.41, 5.74) is -0.111. The molecule has 0 bridgehead atoms. The summed E-state index contributed by atoms with van der Waals surface area (Å²) in [7, 11) is -3.45. The van der Waals surface area contributed by atoms with Crippen molar-refractivity contribution in [3.8, 4) is 5.75 Å². The minimum Gasteiger partial charge on any atom is -0.496 e. The van der Waals surface area contributed by atoms with Crippen LogP contribution in [0.1, 0.15) is 10.8 Å². The molecule has 0 aliphatic heterocycles. The first-order valence-corrected chi connectivity index (χ1v) is 5.70. The van der Waals surface area contributed by atoms with Crippen LogP contribution in [0.4, 0.5) is 0 Å². The van der Waals surface area contributed by atoms with Gasteiger partial charge in [-0.05, 0) is 6.07 Å². The van der Waals surface area contributed by atoms with Crippen LogP contribution in [-0.2, 0) is 14.9 Å². The van der Waals surface area contributed by atoms with Crippen molar-refractivity contribution in [3.63, 3.8) is 0 Å². The third-order valence-electron chi connectivity index (χ3n) is 1.94. The molecule has 0 aliphatic carbocycles. The number of carboxylic acids is 1. The average molecular weight is 246 g/mol. The zero-order valence-corrected chi connectivity index (χ0v) is 9.14. The second kappa shape index (κ2) is 4.50. The molecule has 0 fully saturated rings. The minimum absolute atomic E-state index is 0.0903. The minimum atomic E-state index is -4.73. The molecular formula is C9H10O6S. The molecule has 6 nitrogen and oxygen atoms in total. The van der Waals surface area contributed by atoms with Gasteiger partial charge in [0.15, 0.2) is 0 Å². The maximum absolute atomic E-state index is 11.0. The Morgan fingerprint density at radius 2 is 1.94 bits per heavy atom. The smallest absolute Gasteiger partial charge is 0.329 e. The third-order valence-corrected chi connectivity index (χ3v) is 2.99. The molecule has 0 saturated carbocycles. The van der Waals surface area contributed by atoms with E-state index in [1.54, 1.807) is 6.07 Å². The van der Waals surface area contributed by atoms with Gasteiger partial charge in [0.25, 0.3) is 10.1 Å². The molecule has 1 aromatic carbocycles. The number of para-hydroxylation sites is 1. The van der Waals surface area contributed by atoms with Gasteiger partial charge in [0.2, 0.25) is 5.25 Å². The standard InChI is InChI=1S/C9H10O6S/c1-15-7-5-3-2-4-6(7)8(9(10)11)16(12,13)14/h2-5,8H,1H3,(H,10,11)(H,12,13,14). The Labute approximate surface area is 92.2 Å². The summed E-state index contributed by atoms with van der Waals surface area (Å²) in [6, 6.07) is 5.70. The maximum atomic E-state index is 11.0. The number of ether oxygens (including phenoxy) is 1. The Bertz CT molecular complexity index is 492. The van der Waals surface area contributed by atoms with Crippen molar-refractivity contribution in [1.82, 2.24) is 0 Å². The van der Waals surface area contributed by atoms with Gasteiger partial charge in [-0.1, -0.05) is 18.2 Å². The van der Waals surface area contributed by atoms with Gasteiger partial charge in [0, 0.05) is 5.56 Å². The van der Waals surface area contributed by atoms with E-state index in [4.69, 9.17) is 14.4 Å². The molecule has 1 aromatic rings. The van der Waals surface area contributed by atoms with E-state index >= 15 is 0 Å². The number of benzene rings is 1. The summed E-state index contributed by atoms with van der Waals surface area (Å²) in [6.07, 6.45) is 0. The molecule has 1 rings (SSSR count). The van der Waals surface area contributed by atoms with E-state index in [0.29, 0.717) is 0 Å². The van der Waals surface area contributed by atoms with E-state index < -0.39 is 21.3 Å². The lowest BCUT2D eigenvalue weighted by Gasteiger charge is -2.13. The lowest BCUT2D eigenvalue weighted by molar-refractivity contribution is -0.136. The van der Waals surface area contributed by atoms with E-state index in [2.05, 4.69) is 0 Å². The number of carboxylic acid groups (broad SMARTS) is 1. The average Bonchev–Trinajstić information content (AvgIpc) is 2.15. The molecule has 7 heteroatoms. The highest BCUT2D eigenvalue weighted by Crippen LogP contribution is 2.29. The molecule has 0 heterocycles. The fraction of sp³-hybridized carbons (Fsp3) is 0.222. The quantitative estimate of drug-likeness (QED) is 0.759. The van der Waals surface area contributed by atoms with Gasteiger partial charge in [0.1, 0.15) is 5.75 Å². The predicted molar refractivity (Wildman–Crippen MR) is 54.9 cm³/mol. The highest BCUT2D eigenvalue weighted by atomic mass is 32.2. The highest BCUT2D eigenvalue weighted by Gasteiger charge is 2.34. The van der Waals surface area contributed by atoms with Crippen molar-refractivity contribution >= 4 is 16.1 Å². The van der Waals surface area contributed by atoms with Gasteiger partial charge in [0.05, 0.1) is 7.11 Å². The van der Waals surface area contributed by atoms with Crippen LogP contribution in [-0.4, -0.2) is 31.2 Å². The van der Waals surface area contributed by atoms with Gasteiger partial charge in [-0.15, -0.1) is 0 Å². The summed E-state index contributed by atoms with van der Waals surface area (Å²) >= 11 is 0. The predicted octanol–water partition coefficient (Wildman–Crippen LogP) is 0.709. The topological polar surface area (TPSA) is 101 Å². The van der Waals surface area contributed by atoms with E-state index in [-0.39, 0.29) is 11.3 Å². The molecule has 1 atom stereocenters. The summed E-state index contributed by atoms with van der Waals surface area (Å²) in [5.74, 6) is -1.57. The molecule has 2 N–H and O–H groups in total. The first kappa shape index (κ1) is 12.5. The Morgan fingerprint density at radius 1 is 1.38 bits per heavy atom. The first-order chi connectivity index (χ1) is 7.38. The molecule has 88 valence electrons. The summed E-state index contributed by atoms with van der Waals surface area (Å²) in [5, 5.41) is 6.75. The number of rotatable bonds is 4. The monoisotopic (exact) mass is 246 g/mol. The number of hydrogen-bond acceptors (Lipinski definition) is 4. The van der Waals surface area contributed by atoms with Crippen molar-refractivity contribution in [3.05, 3.63) is 29.8 Å². The van der Waals surface area contributed by atoms with Crippen molar-refractivity contribution in [2.24, 2.45) is 0 Å². The van der Waals surface area contributed by atoms with E-state index in [0.717, 1.165) is 0 Å². The van der Waals surface area contributed by atoms with Crippen molar-refractivity contribution in [2.75, 3.05) is 7.11 Å². The van der Waals surface area contributed by atoms with Gasteiger partial charge < -0.3 is 9.84 Å². The fourth-order valence-electron chi connectivity index (χ4n) is 1.30. The van der Waals surface area contributed by atoms with Crippen LogP contribution in [0, 0.1) is 0 Å². The van der Waals surface area contributed by atoms with E-state index in [9.17, 15) is 13.2 Å². The number of methoxy groups -OCH3 is 1. The largest absolute Gasteiger partial charge is 0.496 e. The highest BCUT2D eigenvalue weighted by molar-refractivity contribution is 7.86. The molecule has 0 amide bonds. The molecule has 0 aromatic heterocycles. The normalized spacial score (nSPS) is 13.1. The maximum Gasteiger partial charge on any atom is 0.329 e. The van der Waals surface area contributed by atoms with Crippen molar-refractivity contribution in [1.29, 1.82) is 0 Å². The molecular weight excluding hydrogens is 236 g/mol. The zero-order chi connectivity index (χ0) is 12.3. The number of hydrogen-bond donors (Lipinski definition) is 2. The van der Waals surface area contributed by atoms with Crippen LogP contribution >= 0.6 is 0 Å². The second-order valence-electron chi connectivity index (χ2n) is 2.98.